The van der Waals surface area contributed by atoms with Crippen molar-refractivity contribution in [3.05, 3.63) is 29.8 Å². The van der Waals surface area contributed by atoms with Gasteiger partial charge in [-0.2, -0.15) is 0 Å². The van der Waals surface area contributed by atoms with Crippen LogP contribution < -0.4 is 15.4 Å². The van der Waals surface area contributed by atoms with E-state index in [1.165, 1.54) is 37.9 Å². The summed E-state index contributed by atoms with van der Waals surface area (Å²) < 4.78 is 5.21. The number of hydrogen-bond acceptors (Lipinski definition) is 4. The van der Waals surface area contributed by atoms with Crippen molar-refractivity contribution in [2.75, 3.05) is 53.9 Å². The molecule has 1 heterocycles. The first-order valence-corrected chi connectivity index (χ1v) is 11.1. The molecule has 30 heavy (non-hydrogen) atoms. The van der Waals surface area contributed by atoms with Crippen molar-refractivity contribution in [2.45, 2.75) is 45.1 Å². The Balaban J connectivity index is 1.82. The van der Waals surface area contributed by atoms with Gasteiger partial charge in [-0.3, -0.25) is 4.79 Å². The van der Waals surface area contributed by atoms with Crippen molar-refractivity contribution < 1.29 is 9.53 Å². The number of carbonyl (C=O) groups is 1. The number of guanidine groups is 1. The topological polar surface area (TPSA) is 69.2 Å². The van der Waals surface area contributed by atoms with Gasteiger partial charge in [0.25, 0.3) is 0 Å². The summed E-state index contributed by atoms with van der Waals surface area (Å²) in [4.78, 5) is 20.6. The van der Waals surface area contributed by atoms with Crippen LogP contribution in [-0.2, 0) is 11.2 Å². The molecule has 0 aliphatic carbocycles. The van der Waals surface area contributed by atoms with Crippen molar-refractivity contribution in [1.29, 1.82) is 0 Å². The number of methoxy groups -OCH3 is 1. The van der Waals surface area contributed by atoms with Crippen molar-refractivity contribution in [2.24, 2.45) is 4.99 Å². The van der Waals surface area contributed by atoms with Gasteiger partial charge in [-0.1, -0.05) is 18.6 Å². The number of ether oxygens (including phenoxy) is 1. The van der Waals surface area contributed by atoms with Crippen molar-refractivity contribution in [1.82, 2.24) is 20.4 Å². The van der Waals surface area contributed by atoms with Gasteiger partial charge in [0.2, 0.25) is 5.91 Å². The number of likely N-dealkylation sites (tertiary alicyclic amines) is 1. The van der Waals surface area contributed by atoms with Crippen LogP contribution in [0.5, 0.6) is 5.75 Å². The highest BCUT2D eigenvalue weighted by Crippen LogP contribution is 2.13. The number of likely N-dealkylation sites (N-methyl/N-ethyl adjacent to an activating group) is 1. The van der Waals surface area contributed by atoms with Gasteiger partial charge in [-0.25, -0.2) is 4.99 Å². The van der Waals surface area contributed by atoms with E-state index in [1.54, 1.807) is 26.1 Å². The van der Waals surface area contributed by atoms with Crippen molar-refractivity contribution in [3.8, 4) is 5.75 Å². The Bertz CT molecular complexity index is 654. The van der Waals surface area contributed by atoms with Crippen LogP contribution in [0.4, 0.5) is 0 Å². The van der Waals surface area contributed by atoms with Crippen LogP contribution in [0.2, 0.25) is 0 Å². The number of benzene rings is 1. The van der Waals surface area contributed by atoms with Gasteiger partial charge in [0, 0.05) is 33.2 Å². The highest BCUT2D eigenvalue weighted by Gasteiger charge is 2.16. The molecule has 7 nitrogen and oxygen atoms in total. The average molecular weight is 418 g/mol. The molecule has 2 N–H and O–H groups in total. The summed E-state index contributed by atoms with van der Waals surface area (Å²) in [6.45, 7) is 6.44. The predicted molar refractivity (Wildman–Crippen MR) is 123 cm³/mol. The summed E-state index contributed by atoms with van der Waals surface area (Å²) in [6.07, 6.45) is 5.90. The van der Waals surface area contributed by atoms with Gasteiger partial charge in [0.1, 0.15) is 12.3 Å². The van der Waals surface area contributed by atoms with E-state index in [-0.39, 0.29) is 12.5 Å². The Kier molecular flexibility index (Phi) is 10.5. The third-order valence-corrected chi connectivity index (χ3v) is 5.60. The van der Waals surface area contributed by atoms with Crippen LogP contribution in [0, 0.1) is 0 Å². The van der Waals surface area contributed by atoms with Gasteiger partial charge >= 0.3 is 0 Å². The van der Waals surface area contributed by atoms with Gasteiger partial charge in [0.15, 0.2) is 5.96 Å². The normalized spacial score (nSPS) is 16.1. The number of aliphatic imine (C=N–C) groups is 1. The van der Waals surface area contributed by atoms with E-state index in [0.717, 1.165) is 31.7 Å². The minimum Gasteiger partial charge on any atom is -0.497 e. The first-order valence-electron chi connectivity index (χ1n) is 11.1. The first kappa shape index (κ1) is 24.0. The molecule has 1 amide bonds. The zero-order valence-corrected chi connectivity index (χ0v) is 19.1. The molecule has 1 aromatic rings. The molecule has 1 atom stereocenters. The molecule has 1 aliphatic rings. The molecular weight excluding hydrogens is 378 g/mol. The minimum absolute atomic E-state index is 0.00654. The van der Waals surface area contributed by atoms with E-state index in [4.69, 9.17) is 4.74 Å². The Labute approximate surface area is 181 Å². The number of hydrogen-bond donors (Lipinski definition) is 2. The number of amides is 1. The molecular formula is C23H39N5O2. The highest BCUT2D eigenvalue weighted by atomic mass is 16.5. The number of piperidine rings is 1. The molecule has 1 aromatic carbocycles. The third-order valence-electron chi connectivity index (χ3n) is 5.60. The quantitative estimate of drug-likeness (QED) is 0.451. The van der Waals surface area contributed by atoms with Crippen LogP contribution in [-0.4, -0.2) is 81.6 Å². The smallest absolute Gasteiger partial charge is 0.243 e. The molecule has 1 aliphatic heterocycles. The van der Waals surface area contributed by atoms with Crippen LogP contribution >= 0.6 is 0 Å². The van der Waals surface area contributed by atoms with E-state index in [9.17, 15) is 4.79 Å². The van der Waals surface area contributed by atoms with Crippen LogP contribution in [0.25, 0.3) is 0 Å². The SMILES string of the molecule is COc1ccc(CCNC(=NCC(=O)N(C)C)NCCC(C)N2CCCCC2)cc1. The number of carbonyl (C=O) groups excluding carboxylic acids is 1. The predicted octanol–water partition coefficient (Wildman–Crippen LogP) is 2.13. The number of nitrogens with zero attached hydrogens (tertiary/aromatic N) is 3. The van der Waals surface area contributed by atoms with E-state index < -0.39 is 0 Å². The first-order chi connectivity index (χ1) is 14.5. The molecule has 0 bridgehead atoms. The van der Waals surface area contributed by atoms with Crippen LogP contribution in [0.15, 0.2) is 29.3 Å². The molecule has 0 radical (unpaired) electrons. The summed E-state index contributed by atoms with van der Waals surface area (Å²) in [5.41, 5.74) is 1.23. The minimum atomic E-state index is -0.00654. The summed E-state index contributed by atoms with van der Waals surface area (Å²) in [5, 5.41) is 6.78. The lowest BCUT2D eigenvalue weighted by Crippen LogP contribution is -2.43. The summed E-state index contributed by atoms with van der Waals surface area (Å²) in [6, 6.07) is 8.64. The maximum absolute atomic E-state index is 11.9. The summed E-state index contributed by atoms with van der Waals surface area (Å²) >= 11 is 0. The highest BCUT2D eigenvalue weighted by molar-refractivity contribution is 5.84. The molecule has 1 saturated heterocycles. The molecule has 0 spiro atoms. The summed E-state index contributed by atoms with van der Waals surface area (Å²) in [5.74, 6) is 1.55. The average Bonchev–Trinajstić information content (AvgIpc) is 2.77. The molecule has 1 unspecified atom stereocenters. The van der Waals surface area contributed by atoms with E-state index in [2.05, 4.69) is 39.6 Å². The van der Waals surface area contributed by atoms with E-state index in [0.29, 0.717) is 12.0 Å². The monoisotopic (exact) mass is 417 g/mol. The number of nitrogens with one attached hydrogen (secondary N) is 2. The zero-order valence-electron chi connectivity index (χ0n) is 19.1. The van der Waals surface area contributed by atoms with E-state index >= 15 is 0 Å². The fraction of sp³-hybridized carbons (Fsp3) is 0.652. The van der Waals surface area contributed by atoms with Crippen molar-refractivity contribution >= 4 is 11.9 Å². The molecule has 0 aromatic heterocycles. The zero-order chi connectivity index (χ0) is 21.8. The lowest BCUT2D eigenvalue weighted by molar-refractivity contribution is -0.127. The molecule has 1 fully saturated rings. The molecule has 168 valence electrons. The summed E-state index contributed by atoms with van der Waals surface area (Å²) in [7, 11) is 5.18. The van der Waals surface area contributed by atoms with Gasteiger partial charge in [-0.15, -0.1) is 0 Å². The standard InChI is InChI=1S/C23H39N5O2/c1-19(28-16-6-5-7-17-28)12-14-24-23(26-18-22(29)27(2)3)25-15-13-20-8-10-21(30-4)11-9-20/h8-11,19H,5-7,12-18H2,1-4H3,(H2,24,25,26). The van der Waals surface area contributed by atoms with E-state index in [1.807, 2.05) is 12.1 Å². The van der Waals surface area contributed by atoms with Crippen LogP contribution in [0.3, 0.4) is 0 Å². The fourth-order valence-electron chi connectivity index (χ4n) is 3.52. The third kappa shape index (κ3) is 8.61. The Morgan fingerprint density at radius 3 is 2.43 bits per heavy atom. The molecule has 0 saturated carbocycles. The lowest BCUT2D eigenvalue weighted by atomic mass is 10.1. The Morgan fingerprint density at radius 2 is 1.80 bits per heavy atom. The molecule has 7 heteroatoms. The second-order valence-electron chi connectivity index (χ2n) is 8.14. The second kappa shape index (κ2) is 13.1. The maximum atomic E-state index is 11.9. The van der Waals surface area contributed by atoms with Crippen molar-refractivity contribution in [3.63, 3.8) is 0 Å². The second-order valence-corrected chi connectivity index (χ2v) is 8.14. The Hall–Kier alpha value is -2.28. The van der Waals surface area contributed by atoms with Gasteiger partial charge in [0.05, 0.1) is 7.11 Å². The number of rotatable bonds is 10. The van der Waals surface area contributed by atoms with Crippen LogP contribution in [0.1, 0.15) is 38.2 Å². The Morgan fingerprint density at radius 1 is 1.13 bits per heavy atom. The fourth-order valence-corrected chi connectivity index (χ4v) is 3.52. The van der Waals surface area contributed by atoms with Gasteiger partial charge < -0.3 is 25.2 Å². The molecule has 2 rings (SSSR count). The largest absolute Gasteiger partial charge is 0.497 e. The lowest BCUT2D eigenvalue weighted by Gasteiger charge is -2.32. The van der Waals surface area contributed by atoms with Gasteiger partial charge in [-0.05, 0) is 63.4 Å². The maximum Gasteiger partial charge on any atom is 0.243 e.